The van der Waals surface area contributed by atoms with Gasteiger partial charge < -0.3 is 15.3 Å². The predicted molar refractivity (Wildman–Crippen MR) is 144 cm³/mol. The Morgan fingerprint density at radius 3 is 2.32 bits per heavy atom. The summed E-state index contributed by atoms with van der Waals surface area (Å²) in [5.41, 5.74) is 3.90. The minimum Gasteiger partial charge on any atom is -0.505 e. The van der Waals surface area contributed by atoms with Gasteiger partial charge in [0.25, 0.3) is 0 Å². The standard InChI is InChI=1S/C26H29Cl2N3O2.CH4/c1-15(32)21-13-29-24-9-6-17(18-11-22(27)26(33)23(28)12-18)10-20(24)25(21)30-19-7-4-16(5-8-19)14-31(2)3;/h6,9-13,16,19,33H,4-5,7-8,14H2,1-3H3,(H,29,30);1H4. The topological polar surface area (TPSA) is 65.5 Å². The Morgan fingerprint density at radius 2 is 1.74 bits per heavy atom. The molecular weight excluding hydrogens is 469 g/mol. The molecule has 4 rings (SSSR count). The van der Waals surface area contributed by atoms with E-state index in [0.717, 1.165) is 53.0 Å². The Hall–Kier alpha value is -2.34. The normalized spacial score (nSPS) is 18.1. The van der Waals surface area contributed by atoms with Crippen LogP contribution in [0.5, 0.6) is 5.75 Å². The van der Waals surface area contributed by atoms with Gasteiger partial charge in [0.05, 0.1) is 26.8 Å². The fourth-order valence-electron chi connectivity index (χ4n) is 4.74. The maximum absolute atomic E-state index is 12.5. The molecule has 1 aliphatic rings. The van der Waals surface area contributed by atoms with Crippen LogP contribution in [0.3, 0.4) is 0 Å². The van der Waals surface area contributed by atoms with Crippen LogP contribution in [0, 0.1) is 5.92 Å². The zero-order valence-electron chi connectivity index (χ0n) is 19.2. The van der Waals surface area contributed by atoms with Crippen molar-refractivity contribution in [1.29, 1.82) is 0 Å². The Labute approximate surface area is 212 Å². The van der Waals surface area contributed by atoms with Crippen molar-refractivity contribution < 1.29 is 9.90 Å². The summed E-state index contributed by atoms with van der Waals surface area (Å²) in [5.74, 6) is 0.569. The number of phenols is 1. The molecule has 1 aliphatic carbocycles. The van der Waals surface area contributed by atoms with Crippen molar-refractivity contribution >= 4 is 45.6 Å². The molecule has 5 nitrogen and oxygen atoms in total. The number of phenolic OH excluding ortho intramolecular Hbond substituents is 1. The van der Waals surface area contributed by atoms with Gasteiger partial charge in [0.15, 0.2) is 11.5 Å². The van der Waals surface area contributed by atoms with Gasteiger partial charge in [0.2, 0.25) is 0 Å². The number of aromatic hydroxyl groups is 1. The largest absolute Gasteiger partial charge is 0.505 e. The highest BCUT2D eigenvalue weighted by atomic mass is 35.5. The smallest absolute Gasteiger partial charge is 0.163 e. The molecule has 2 aromatic carbocycles. The van der Waals surface area contributed by atoms with Gasteiger partial charge in [-0.2, -0.15) is 0 Å². The maximum atomic E-state index is 12.5. The Kier molecular flexibility index (Phi) is 8.45. The highest BCUT2D eigenvalue weighted by molar-refractivity contribution is 6.37. The third-order valence-corrected chi connectivity index (χ3v) is 6.99. The first-order valence-electron chi connectivity index (χ1n) is 11.3. The maximum Gasteiger partial charge on any atom is 0.163 e. The van der Waals surface area contributed by atoms with Crippen LogP contribution in [-0.2, 0) is 0 Å². The summed E-state index contributed by atoms with van der Waals surface area (Å²) < 4.78 is 0. The number of aromatic nitrogens is 1. The van der Waals surface area contributed by atoms with Crippen molar-refractivity contribution in [2.45, 2.75) is 46.1 Å². The summed E-state index contributed by atoms with van der Waals surface area (Å²) >= 11 is 12.3. The van der Waals surface area contributed by atoms with Crippen LogP contribution in [0.1, 0.15) is 50.4 Å². The molecule has 34 heavy (non-hydrogen) atoms. The lowest BCUT2D eigenvalue weighted by Crippen LogP contribution is -2.31. The molecule has 0 saturated heterocycles. The monoisotopic (exact) mass is 501 g/mol. The van der Waals surface area contributed by atoms with Crippen LogP contribution >= 0.6 is 23.2 Å². The van der Waals surface area contributed by atoms with Crippen LogP contribution in [0.15, 0.2) is 36.5 Å². The van der Waals surface area contributed by atoms with E-state index in [9.17, 15) is 9.90 Å². The Balaban J connectivity index is 0.00000324. The van der Waals surface area contributed by atoms with E-state index in [2.05, 4.69) is 29.3 Å². The Bertz CT molecular complexity index is 1160. The lowest BCUT2D eigenvalue weighted by molar-refractivity contribution is 0.101. The fraction of sp³-hybridized carbons (Fsp3) is 0.407. The van der Waals surface area contributed by atoms with E-state index < -0.39 is 0 Å². The molecule has 2 N–H and O–H groups in total. The van der Waals surface area contributed by atoms with E-state index in [1.165, 1.54) is 12.8 Å². The third kappa shape index (κ3) is 5.65. The molecular formula is C27H33Cl2N3O2. The average Bonchev–Trinajstić information content (AvgIpc) is 2.77. The molecule has 0 spiro atoms. The minimum atomic E-state index is -0.129. The first kappa shape index (κ1) is 26.3. The molecule has 7 heteroatoms. The minimum absolute atomic E-state index is 0. The number of hydrogen-bond donors (Lipinski definition) is 2. The zero-order valence-corrected chi connectivity index (χ0v) is 20.7. The predicted octanol–water partition coefficient (Wildman–Crippen LogP) is 7.29. The average molecular weight is 502 g/mol. The first-order valence-corrected chi connectivity index (χ1v) is 12.0. The van der Waals surface area contributed by atoms with Crippen molar-refractivity contribution in [2.75, 3.05) is 26.0 Å². The van der Waals surface area contributed by atoms with Gasteiger partial charge in [0, 0.05) is 24.2 Å². The van der Waals surface area contributed by atoms with Gasteiger partial charge in [-0.3, -0.25) is 9.78 Å². The molecule has 0 radical (unpaired) electrons. The summed E-state index contributed by atoms with van der Waals surface area (Å²) in [4.78, 5) is 19.2. The van der Waals surface area contributed by atoms with Gasteiger partial charge in [0.1, 0.15) is 0 Å². The second-order valence-electron chi connectivity index (χ2n) is 9.25. The molecule has 1 saturated carbocycles. The van der Waals surface area contributed by atoms with Gasteiger partial charge in [-0.05, 0) is 88.0 Å². The lowest BCUT2D eigenvalue weighted by atomic mass is 9.85. The van der Waals surface area contributed by atoms with E-state index in [-0.39, 0.29) is 29.0 Å². The summed E-state index contributed by atoms with van der Waals surface area (Å²) in [6, 6.07) is 9.57. The van der Waals surface area contributed by atoms with E-state index in [1.807, 2.05) is 18.2 Å². The molecule has 0 atom stereocenters. The van der Waals surface area contributed by atoms with Crippen LogP contribution in [0.4, 0.5) is 5.69 Å². The second-order valence-corrected chi connectivity index (χ2v) is 10.1. The number of benzene rings is 2. The van der Waals surface area contributed by atoms with Crippen molar-refractivity contribution in [3.8, 4) is 16.9 Å². The lowest BCUT2D eigenvalue weighted by Gasteiger charge is -2.32. The van der Waals surface area contributed by atoms with Gasteiger partial charge in [-0.1, -0.05) is 36.7 Å². The molecule has 0 unspecified atom stereocenters. The quantitative estimate of drug-likeness (QED) is 0.347. The second kappa shape index (κ2) is 10.9. The molecule has 182 valence electrons. The van der Waals surface area contributed by atoms with E-state index in [1.54, 1.807) is 25.3 Å². The fourth-order valence-corrected chi connectivity index (χ4v) is 5.22. The van der Waals surface area contributed by atoms with Crippen molar-refractivity contribution in [3.05, 3.63) is 52.1 Å². The van der Waals surface area contributed by atoms with Gasteiger partial charge >= 0.3 is 0 Å². The number of carbonyl (C=O) groups excluding carboxylic acids is 1. The summed E-state index contributed by atoms with van der Waals surface area (Å²) in [6.45, 7) is 2.69. The van der Waals surface area contributed by atoms with Crippen LogP contribution in [-0.4, -0.2) is 47.5 Å². The summed E-state index contributed by atoms with van der Waals surface area (Å²) in [7, 11) is 4.25. The van der Waals surface area contributed by atoms with Crippen molar-refractivity contribution in [3.63, 3.8) is 0 Å². The number of carbonyl (C=O) groups is 1. The first-order chi connectivity index (χ1) is 15.7. The van der Waals surface area contributed by atoms with E-state index in [4.69, 9.17) is 23.2 Å². The highest BCUT2D eigenvalue weighted by Gasteiger charge is 2.24. The molecule has 0 aliphatic heterocycles. The van der Waals surface area contributed by atoms with Gasteiger partial charge in [-0.25, -0.2) is 0 Å². The number of halogens is 2. The number of anilines is 1. The molecule has 1 aromatic heterocycles. The number of ketones is 1. The van der Waals surface area contributed by atoms with Crippen molar-refractivity contribution in [1.82, 2.24) is 9.88 Å². The molecule has 0 amide bonds. The number of pyridine rings is 1. The molecule has 0 bridgehead atoms. The summed E-state index contributed by atoms with van der Waals surface area (Å²) in [5, 5.41) is 14.9. The number of nitrogens with zero attached hydrogens (tertiary/aromatic N) is 2. The third-order valence-electron chi connectivity index (χ3n) is 6.42. The van der Waals surface area contributed by atoms with E-state index in [0.29, 0.717) is 11.6 Å². The molecule has 1 fully saturated rings. The Morgan fingerprint density at radius 1 is 1.09 bits per heavy atom. The number of hydrogen-bond acceptors (Lipinski definition) is 5. The number of Topliss-reactive ketones (excluding diaryl/α,β-unsaturated/α-hetero) is 1. The number of rotatable bonds is 6. The van der Waals surface area contributed by atoms with Crippen LogP contribution in [0.2, 0.25) is 10.0 Å². The van der Waals surface area contributed by atoms with Crippen LogP contribution in [0.25, 0.3) is 22.0 Å². The van der Waals surface area contributed by atoms with Crippen molar-refractivity contribution in [2.24, 2.45) is 5.92 Å². The van der Waals surface area contributed by atoms with Gasteiger partial charge in [-0.15, -0.1) is 0 Å². The zero-order chi connectivity index (χ0) is 23.7. The number of nitrogens with one attached hydrogen (secondary N) is 1. The molecule has 3 aromatic rings. The van der Waals surface area contributed by atoms with Crippen LogP contribution < -0.4 is 5.32 Å². The van der Waals surface area contributed by atoms with E-state index >= 15 is 0 Å². The molecule has 1 heterocycles. The summed E-state index contributed by atoms with van der Waals surface area (Å²) in [6.07, 6.45) is 6.15. The SMILES string of the molecule is C.CC(=O)c1cnc2ccc(-c3cc(Cl)c(O)c(Cl)c3)cc2c1NC1CCC(CN(C)C)CC1. The number of fused-ring (bicyclic) bond motifs is 1. The highest BCUT2D eigenvalue weighted by Crippen LogP contribution is 2.38.